The van der Waals surface area contributed by atoms with Crippen LogP contribution in [0.3, 0.4) is 0 Å². The van der Waals surface area contributed by atoms with Crippen LogP contribution < -0.4 is 15.1 Å². The number of anilines is 2. The monoisotopic (exact) mass is 456 g/mol. The molecule has 3 aromatic rings. The van der Waals surface area contributed by atoms with Gasteiger partial charge in [-0.2, -0.15) is 0 Å². The van der Waals surface area contributed by atoms with Gasteiger partial charge in [-0.25, -0.2) is 14.8 Å². The van der Waals surface area contributed by atoms with Crippen LogP contribution in [0.5, 0.6) is 0 Å². The number of halogens is 1. The number of benzene rings is 1. The fraction of sp³-hybridized carbons (Fsp3) is 0.364. The molecule has 2 aromatic heterocycles. The van der Waals surface area contributed by atoms with E-state index in [2.05, 4.69) is 25.2 Å². The van der Waals surface area contributed by atoms with Crippen molar-refractivity contribution < 1.29 is 14.7 Å². The summed E-state index contributed by atoms with van der Waals surface area (Å²) in [5, 5.41) is 13.2. The van der Waals surface area contributed by atoms with Gasteiger partial charge in [0.1, 0.15) is 17.8 Å². The minimum absolute atomic E-state index is 0.0580. The van der Waals surface area contributed by atoms with E-state index >= 15 is 0 Å². The summed E-state index contributed by atoms with van der Waals surface area (Å²) in [6.07, 6.45) is 3.19. The number of nitrogens with one attached hydrogen (secondary N) is 2. The van der Waals surface area contributed by atoms with Crippen LogP contribution in [-0.4, -0.2) is 58.2 Å². The summed E-state index contributed by atoms with van der Waals surface area (Å²) in [4.78, 5) is 40.7. The fourth-order valence-electron chi connectivity index (χ4n) is 4.32. The van der Waals surface area contributed by atoms with Crippen LogP contribution in [-0.2, 0) is 4.79 Å². The Kier molecular flexibility index (Phi) is 6.18. The number of hydrogen-bond acceptors (Lipinski definition) is 5. The average molecular weight is 457 g/mol. The molecule has 10 heteroatoms. The first kappa shape index (κ1) is 21.9. The van der Waals surface area contributed by atoms with E-state index in [9.17, 15) is 14.7 Å². The Bertz CT molecular complexity index is 1110. The van der Waals surface area contributed by atoms with Gasteiger partial charge in [0, 0.05) is 43.1 Å². The molecule has 1 saturated heterocycles. The second-order valence-electron chi connectivity index (χ2n) is 7.89. The van der Waals surface area contributed by atoms with Gasteiger partial charge in [0.2, 0.25) is 5.91 Å². The molecule has 1 aliphatic rings. The first-order valence-corrected chi connectivity index (χ1v) is 10.9. The molecule has 3 heterocycles. The van der Waals surface area contributed by atoms with E-state index in [0.29, 0.717) is 37.5 Å². The third-order valence-corrected chi connectivity index (χ3v) is 6.34. The number of aromatic nitrogens is 3. The normalized spacial score (nSPS) is 15.5. The number of aromatic amines is 1. The maximum absolute atomic E-state index is 13.8. The van der Waals surface area contributed by atoms with E-state index in [-0.39, 0.29) is 12.5 Å². The molecule has 2 amide bonds. The highest BCUT2D eigenvalue weighted by molar-refractivity contribution is 6.30. The number of fused-ring (bicyclic) bond motifs is 1. The zero-order valence-corrected chi connectivity index (χ0v) is 18.5. The molecule has 1 aromatic carbocycles. The fourth-order valence-corrected chi connectivity index (χ4v) is 4.45. The van der Waals surface area contributed by atoms with Gasteiger partial charge >= 0.3 is 6.09 Å². The number of amides is 2. The predicted molar refractivity (Wildman–Crippen MR) is 123 cm³/mol. The summed E-state index contributed by atoms with van der Waals surface area (Å²) in [5.41, 5.74) is 0.647. The third-order valence-electron chi connectivity index (χ3n) is 6.08. The Morgan fingerprint density at radius 1 is 1.22 bits per heavy atom. The molecule has 3 N–H and O–H groups in total. The van der Waals surface area contributed by atoms with E-state index in [1.165, 1.54) is 6.33 Å². The molecule has 1 aliphatic heterocycles. The van der Waals surface area contributed by atoms with Gasteiger partial charge in [-0.15, -0.1) is 0 Å². The van der Waals surface area contributed by atoms with Crippen molar-refractivity contribution in [3.05, 3.63) is 47.9 Å². The Balaban J connectivity index is 1.59. The lowest BCUT2D eigenvalue weighted by Gasteiger charge is -2.43. The summed E-state index contributed by atoms with van der Waals surface area (Å²) in [6.45, 7) is 3.58. The van der Waals surface area contributed by atoms with Crippen molar-refractivity contribution >= 4 is 46.1 Å². The molecule has 32 heavy (non-hydrogen) atoms. The maximum Gasteiger partial charge on any atom is 0.404 e. The van der Waals surface area contributed by atoms with Crippen LogP contribution in [0.25, 0.3) is 11.0 Å². The van der Waals surface area contributed by atoms with Crippen LogP contribution >= 0.6 is 11.6 Å². The number of piperidine rings is 1. The molecule has 0 saturated carbocycles. The first-order chi connectivity index (χ1) is 15.4. The van der Waals surface area contributed by atoms with Gasteiger partial charge in [0.05, 0.1) is 10.8 Å². The largest absolute Gasteiger partial charge is 0.465 e. The van der Waals surface area contributed by atoms with Crippen molar-refractivity contribution in [2.75, 3.05) is 36.0 Å². The molecule has 168 valence electrons. The van der Waals surface area contributed by atoms with Gasteiger partial charge < -0.3 is 25.2 Å². The summed E-state index contributed by atoms with van der Waals surface area (Å²) in [5.74, 6) is 0.721. The zero-order valence-electron chi connectivity index (χ0n) is 17.7. The lowest BCUT2D eigenvalue weighted by atomic mass is 9.76. The molecular weight excluding hydrogens is 432 g/mol. The molecule has 9 nitrogen and oxygen atoms in total. The molecule has 0 radical (unpaired) electrons. The van der Waals surface area contributed by atoms with Gasteiger partial charge in [-0.1, -0.05) is 11.6 Å². The third kappa shape index (κ3) is 4.20. The lowest BCUT2D eigenvalue weighted by Crippen LogP contribution is -2.55. The highest BCUT2D eigenvalue weighted by Crippen LogP contribution is 2.37. The Labute approximate surface area is 190 Å². The van der Waals surface area contributed by atoms with E-state index in [1.54, 1.807) is 29.2 Å². The summed E-state index contributed by atoms with van der Waals surface area (Å²) in [7, 11) is 0. The number of H-pyrrole nitrogens is 1. The number of carbonyl (C=O) groups excluding carboxylic acids is 1. The van der Waals surface area contributed by atoms with Crippen LogP contribution in [0, 0.1) is 5.41 Å². The van der Waals surface area contributed by atoms with Gasteiger partial charge in [-0.05, 0) is 50.1 Å². The molecule has 0 aliphatic carbocycles. The molecule has 1 fully saturated rings. The number of nitrogens with zero attached hydrogens (tertiary/aromatic N) is 4. The predicted octanol–water partition coefficient (Wildman–Crippen LogP) is 3.52. The molecule has 0 atom stereocenters. The van der Waals surface area contributed by atoms with Gasteiger partial charge in [0.15, 0.2) is 0 Å². The Morgan fingerprint density at radius 3 is 2.59 bits per heavy atom. The van der Waals surface area contributed by atoms with Crippen LogP contribution in [0.2, 0.25) is 5.02 Å². The van der Waals surface area contributed by atoms with Crippen molar-refractivity contribution in [3.63, 3.8) is 0 Å². The molecule has 4 rings (SSSR count). The van der Waals surface area contributed by atoms with E-state index in [4.69, 9.17) is 11.6 Å². The molecule has 0 spiro atoms. The summed E-state index contributed by atoms with van der Waals surface area (Å²) < 4.78 is 0. The van der Waals surface area contributed by atoms with Crippen LogP contribution in [0.1, 0.15) is 19.8 Å². The molecule has 0 unspecified atom stereocenters. The second-order valence-corrected chi connectivity index (χ2v) is 8.33. The SMILES string of the molecule is CCN(C(=O)C1(CNC(=O)O)CCN(c2ncnc3[nH]ccc23)CC1)c1ccc(Cl)cc1. The number of carboxylic acid groups (broad SMARTS) is 1. The first-order valence-electron chi connectivity index (χ1n) is 10.5. The molecule has 0 bridgehead atoms. The van der Waals surface area contributed by atoms with Crippen molar-refractivity contribution in [1.29, 1.82) is 0 Å². The van der Waals surface area contributed by atoms with Crippen molar-refractivity contribution in [1.82, 2.24) is 20.3 Å². The average Bonchev–Trinajstić information content (AvgIpc) is 3.29. The van der Waals surface area contributed by atoms with Crippen molar-refractivity contribution in [2.24, 2.45) is 5.41 Å². The molecular formula is C22H25ClN6O3. The highest BCUT2D eigenvalue weighted by atomic mass is 35.5. The van der Waals surface area contributed by atoms with Gasteiger partial charge in [-0.3, -0.25) is 4.79 Å². The van der Waals surface area contributed by atoms with E-state index in [0.717, 1.165) is 22.5 Å². The van der Waals surface area contributed by atoms with Crippen LogP contribution in [0.4, 0.5) is 16.3 Å². The number of carbonyl (C=O) groups is 2. The maximum atomic E-state index is 13.8. The quantitative estimate of drug-likeness (QED) is 0.522. The topological polar surface area (TPSA) is 114 Å². The van der Waals surface area contributed by atoms with Crippen molar-refractivity contribution in [3.8, 4) is 0 Å². The smallest absolute Gasteiger partial charge is 0.404 e. The lowest BCUT2D eigenvalue weighted by molar-refractivity contribution is -0.129. The summed E-state index contributed by atoms with van der Waals surface area (Å²) >= 11 is 6.01. The zero-order chi connectivity index (χ0) is 22.7. The van der Waals surface area contributed by atoms with Gasteiger partial charge in [0.25, 0.3) is 0 Å². The highest BCUT2D eigenvalue weighted by Gasteiger charge is 2.44. The minimum Gasteiger partial charge on any atom is -0.465 e. The second kappa shape index (κ2) is 9.04. The van der Waals surface area contributed by atoms with E-state index < -0.39 is 11.5 Å². The Morgan fingerprint density at radius 2 is 1.94 bits per heavy atom. The van der Waals surface area contributed by atoms with Crippen LogP contribution in [0.15, 0.2) is 42.9 Å². The van der Waals surface area contributed by atoms with E-state index in [1.807, 2.05) is 19.2 Å². The Hall–Kier alpha value is -3.33. The summed E-state index contributed by atoms with van der Waals surface area (Å²) in [6, 6.07) is 9.04. The minimum atomic E-state index is -1.14. The number of hydrogen-bond donors (Lipinski definition) is 3. The number of rotatable bonds is 6. The standard InChI is InChI=1S/C22H25ClN6O3/c1-2-29(16-5-3-15(23)4-6-16)20(30)22(13-25-21(31)32)8-11-28(12-9-22)19-17-7-10-24-18(17)26-14-27-19/h3-7,10,14,25H,2,8-9,11-13H2,1H3,(H,31,32)(H,24,26,27). The van der Waals surface area contributed by atoms with Crippen molar-refractivity contribution in [2.45, 2.75) is 19.8 Å².